The maximum absolute atomic E-state index is 12.6. The van der Waals surface area contributed by atoms with Gasteiger partial charge in [-0.1, -0.05) is 20.8 Å². The van der Waals surface area contributed by atoms with Crippen LogP contribution < -0.4 is 5.32 Å². The Kier molecular flexibility index (Phi) is 9.39. The topological polar surface area (TPSA) is 97.3 Å². The first-order valence-electron chi connectivity index (χ1n) is 11.5. The van der Waals surface area contributed by atoms with E-state index in [2.05, 4.69) is 39.2 Å². The van der Waals surface area contributed by atoms with Crippen LogP contribution in [-0.4, -0.2) is 73.1 Å². The van der Waals surface area contributed by atoms with Gasteiger partial charge in [0.15, 0.2) is 8.32 Å². The van der Waals surface area contributed by atoms with Crippen molar-refractivity contribution in [3.05, 3.63) is 0 Å². The Morgan fingerprint density at radius 1 is 1.00 bits per heavy atom. The first-order chi connectivity index (χ1) is 14.2. The van der Waals surface area contributed by atoms with Gasteiger partial charge in [0.1, 0.15) is 11.2 Å². The van der Waals surface area contributed by atoms with E-state index in [1.54, 1.807) is 41.5 Å². The maximum Gasteiger partial charge on any atom is 0.419 e. The number of carbonyl (C=O) groups excluding carboxylic acids is 2. The largest absolute Gasteiger partial charge is 0.443 e. The number of hydrogen-bond acceptors (Lipinski definition) is 7. The number of nitrogens with zero attached hydrogens (tertiary/aromatic N) is 1. The molecule has 0 bridgehead atoms. The summed E-state index contributed by atoms with van der Waals surface area (Å²) in [6.45, 7) is 22.1. The summed E-state index contributed by atoms with van der Waals surface area (Å²) in [5, 5.41) is 14.2. The summed E-state index contributed by atoms with van der Waals surface area (Å²) in [6, 6.07) is -0.163. The number of nitrogens with one attached hydrogen (secondary N) is 1. The number of aliphatic hydroxyl groups excluding tert-OH is 1. The van der Waals surface area contributed by atoms with Crippen molar-refractivity contribution in [1.82, 2.24) is 10.2 Å². The number of aliphatic hydroxyl groups is 1. The molecule has 1 aliphatic heterocycles. The summed E-state index contributed by atoms with van der Waals surface area (Å²) in [7, 11) is -1.90. The zero-order valence-electron chi connectivity index (χ0n) is 22.0. The van der Waals surface area contributed by atoms with Crippen LogP contribution in [0.4, 0.5) is 9.59 Å². The van der Waals surface area contributed by atoms with Crippen molar-refractivity contribution in [2.24, 2.45) is 0 Å². The molecule has 0 aromatic carbocycles. The lowest BCUT2D eigenvalue weighted by molar-refractivity contribution is -0.00172. The third-order valence-electron chi connectivity index (χ3n) is 5.73. The first kappa shape index (κ1) is 28.9. The molecule has 1 fully saturated rings. The van der Waals surface area contributed by atoms with Gasteiger partial charge in [-0.05, 0) is 72.5 Å². The molecule has 9 heteroatoms. The van der Waals surface area contributed by atoms with Crippen molar-refractivity contribution in [1.29, 1.82) is 0 Å². The van der Waals surface area contributed by atoms with Crippen molar-refractivity contribution < 1.29 is 28.6 Å². The summed E-state index contributed by atoms with van der Waals surface area (Å²) in [5.74, 6) is 0. The minimum absolute atomic E-state index is 0.00304. The Hall–Kier alpha value is -1.16. The van der Waals surface area contributed by atoms with E-state index < -0.39 is 37.8 Å². The molecule has 0 aromatic heterocycles. The minimum atomic E-state index is -1.90. The van der Waals surface area contributed by atoms with Crippen LogP contribution in [0.15, 0.2) is 0 Å². The lowest BCUT2D eigenvalue weighted by Crippen LogP contribution is -2.46. The normalized spacial score (nSPS) is 21.2. The van der Waals surface area contributed by atoms with Crippen molar-refractivity contribution in [3.63, 3.8) is 0 Å². The van der Waals surface area contributed by atoms with Gasteiger partial charge in [-0.15, -0.1) is 0 Å². The molecule has 0 radical (unpaired) electrons. The summed E-state index contributed by atoms with van der Waals surface area (Å²) in [6.07, 6.45) is -1.36. The van der Waals surface area contributed by atoms with Gasteiger partial charge in [-0.2, -0.15) is 0 Å². The van der Waals surface area contributed by atoms with Crippen LogP contribution in [0.3, 0.4) is 0 Å². The molecular formula is C23H46N2O6Si. The Morgan fingerprint density at radius 2 is 1.47 bits per heavy atom. The van der Waals surface area contributed by atoms with Gasteiger partial charge in [0.05, 0.1) is 12.2 Å². The number of hydrogen-bond donors (Lipinski definition) is 2. The number of carbonyl (C=O) groups is 2. The summed E-state index contributed by atoms with van der Waals surface area (Å²) >= 11 is 0. The second-order valence-corrected chi connectivity index (χ2v) is 17.0. The molecule has 1 aliphatic rings. The summed E-state index contributed by atoms with van der Waals surface area (Å²) < 4.78 is 17.2. The zero-order chi connectivity index (χ0) is 25.1. The summed E-state index contributed by atoms with van der Waals surface area (Å²) in [5.41, 5.74) is -1.51. The highest BCUT2D eigenvalue weighted by molar-refractivity contribution is 6.74. The fourth-order valence-electron chi connectivity index (χ4n) is 3.06. The molecule has 0 aromatic rings. The molecule has 3 atom stereocenters. The van der Waals surface area contributed by atoms with Crippen LogP contribution >= 0.6 is 0 Å². The number of rotatable bonds is 6. The van der Waals surface area contributed by atoms with E-state index in [0.717, 1.165) is 4.90 Å². The smallest absolute Gasteiger partial charge is 0.419 e. The van der Waals surface area contributed by atoms with Gasteiger partial charge in [-0.25, -0.2) is 14.5 Å². The molecule has 1 saturated heterocycles. The van der Waals surface area contributed by atoms with Crippen LogP contribution in [0.2, 0.25) is 18.1 Å². The molecule has 1 rings (SSSR count). The first-order valence-corrected chi connectivity index (χ1v) is 14.5. The molecule has 32 heavy (non-hydrogen) atoms. The Morgan fingerprint density at radius 3 is 1.88 bits per heavy atom. The van der Waals surface area contributed by atoms with Gasteiger partial charge in [-0.3, -0.25) is 0 Å². The zero-order valence-corrected chi connectivity index (χ0v) is 23.0. The van der Waals surface area contributed by atoms with Gasteiger partial charge in [0.25, 0.3) is 0 Å². The van der Waals surface area contributed by atoms with E-state index in [1.165, 1.54) is 0 Å². The average molecular weight is 475 g/mol. The minimum Gasteiger partial charge on any atom is -0.443 e. The molecule has 2 amide bonds. The lowest BCUT2D eigenvalue weighted by Gasteiger charge is -2.38. The molecular weight excluding hydrogens is 428 g/mol. The van der Waals surface area contributed by atoms with Gasteiger partial charge in [0.2, 0.25) is 0 Å². The Labute approximate surface area is 195 Å². The van der Waals surface area contributed by atoms with Crippen molar-refractivity contribution in [2.45, 2.75) is 123 Å². The van der Waals surface area contributed by atoms with Crippen LogP contribution in [0, 0.1) is 0 Å². The third kappa shape index (κ3) is 9.37. The third-order valence-corrected chi connectivity index (χ3v) is 10.3. The highest BCUT2D eigenvalue weighted by Crippen LogP contribution is 2.38. The van der Waals surface area contributed by atoms with Crippen molar-refractivity contribution >= 4 is 20.5 Å². The molecule has 0 saturated carbocycles. The quantitative estimate of drug-likeness (QED) is 0.540. The number of amides is 2. The van der Waals surface area contributed by atoms with E-state index in [0.29, 0.717) is 13.0 Å². The van der Waals surface area contributed by atoms with Crippen LogP contribution in [0.1, 0.15) is 75.2 Å². The fourth-order valence-corrected chi connectivity index (χ4v) is 4.43. The molecule has 0 aliphatic carbocycles. The molecule has 8 nitrogen and oxygen atoms in total. The van der Waals surface area contributed by atoms with E-state index >= 15 is 0 Å². The van der Waals surface area contributed by atoms with Gasteiger partial charge >= 0.3 is 12.2 Å². The maximum atomic E-state index is 12.6. The second kappa shape index (κ2) is 10.4. The van der Waals surface area contributed by atoms with E-state index in [4.69, 9.17) is 13.9 Å². The Balaban J connectivity index is 2.75. The lowest BCUT2D eigenvalue weighted by atomic mass is 10.1. The van der Waals surface area contributed by atoms with Crippen LogP contribution in [-0.2, 0) is 13.9 Å². The molecule has 188 valence electrons. The fraction of sp³-hybridized carbons (Fsp3) is 0.913. The predicted octanol–water partition coefficient (Wildman–Crippen LogP) is 4.66. The van der Waals surface area contributed by atoms with Crippen LogP contribution in [0.5, 0.6) is 0 Å². The highest BCUT2D eigenvalue weighted by Gasteiger charge is 2.42. The van der Waals surface area contributed by atoms with Gasteiger partial charge in [0, 0.05) is 19.1 Å². The number of ether oxygens (including phenoxy) is 2. The molecule has 0 unspecified atom stereocenters. The van der Waals surface area contributed by atoms with Crippen molar-refractivity contribution in [3.8, 4) is 0 Å². The Bertz CT molecular complexity index is 620. The van der Waals surface area contributed by atoms with E-state index in [9.17, 15) is 14.7 Å². The predicted molar refractivity (Wildman–Crippen MR) is 128 cm³/mol. The average Bonchev–Trinajstić information content (AvgIpc) is 2.98. The van der Waals surface area contributed by atoms with E-state index in [1.807, 2.05) is 0 Å². The highest BCUT2D eigenvalue weighted by atomic mass is 28.4. The monoisotopic (exact) mass is 474 g/mol. The molecule has 0 spiro atoms. The van der Waals surface area contributed by atoms with Crippen LogP contribution in [0.25, 0.3) is 0 Å². The SMILES string of the molecule is CC(C)(C)OC(=O)N(CC[C@@H](O)[C@@H]1C[C@@H](O[Si](C)(C)C(C)(C)C)CN1)C(=O)OC(C)(C)C. The standard InChI is InChI=1S/C23H46N2O6Si/c1-21(2,3)29-19(27)25(20(28)30-22(4,5)6)13-12-18(26)17-14-16(15-24-17)31-32(10,11)23(7,8)9/h16-18,24,26H,12-15H2,1-11H3/t16-,17+,18-/m1/s1. The second-order valence-electron chi connectivity index (χ2n) is 12.2. The van der Waals surface area contributed by atoms with E-state index in [-0.39, 0.29) is 30.1 Å². The van der Waals surface area contributed by atoms with Gasteiger partial charge < -0.3 is 24.3 Å². The van der Waals surface area contributed by atoms with Crippen molar-refractivity contribution in [2.75, 3.05) is 13.1 Å². The number of imide groups is 1. The molecule has 2 N–H and O–H groups in total. The molecule has 1 heterocycles. The summed E-state index contributed by atoms with van der Waals surface area (Å²) in [4.78, 5) is 26.2.